The van der Waals surface area contributed by atoms with Gasteiger partial charge in [-0.2, -0.15) is 0 Å². The lowest BCUT2D eigenvalue weighted by Crippen LogP contribution is -2.30. The van der Waals surface area contributed by atoms with Gasteiger partial charge >= 0.3 is 11.9 Å². The molecular weight excluding hydrogens is 813 g/mol. The second kappa shape index (κ2) is 57.7. The molecule has 0 bridgehead atoms. The molecule has 5 heteroatoms. The van der Waals surface area contributed by atoms with Crippen LogP contribution >= 0.6 is 0 Å². The molecule has 0 amide bonds. The fourth-order valence-electron chi connectivity index (χ4n) is 8.97. The first-order valence-electron chi connectivity index (χ1n) is 29.9. The summed E-state index contributed by atoms with van der Waals surface area (Å²) < 4.78 is 17.5. The lowest BCUT2D eigenvalue weighted by Gasteiger charge is -2.18. The number of allylic oxidation sites excluding steroid dienone is 4. The fraction of sp³-hybridized carbons (Fsp3) is 0.902. The Morgan fingerprint density at radius 3 is 0.924 bits per heavy atom. The predicted octanol–water partition coefficient (Wildman–Crippen LogP) is 20.4. The Hall–Kier alpha value is -1.62. The maximum atomic E-state index is 12.8. The minimum absolute atomic E-state index is 0.0898. The van der Waals surface area contributed by atoms with Crippen LogP contribution in [0, 0.1) is 0 Å². The lowest BCUT2D eigenvalue weighted by atomic mass is 10.0. The van der Waals surface area contributed by atoms with E-state index in [9.17, 15) is 9.59 Å². The minimum atomic E-state index is -0.532. The summed E-state index contributed by atoms with van der Waals surface area (Å²) in [5.74, 6) is -0.380. The fourth-order valence-corrected chi connectivity index (χ4v) is 8.97. The summed E-state index contributed by atoms with van der Waals surface area (Å²) in [7, 11) is 0. The molecule has 0 N–H and O–H groups in total. The molecular formula is C61H116O5. The van der Waals surface area contributed by atoms with Gasteiger partial charge in [0.15, 0.2) is 6.10 Å². The van der Waals surface area contributed by atoms with Crippen molar-refractivity contribution in [2.24, 2.45) is 0 Å². The van der Waals surface area contributed by atoms with Crippen LogP contribution in [-0.2, 0) is 23.8 Å². The SMILES string of the molecule is CCCCCCCC/C=C\CCCCCCCCCCCCOCC(COC(=O)CCCCCCCCC/C=C\CCCCCCCC)OC(=O)CCCCCCCCCCCCCCC. The highest BCUT2D eigenvalue weighted by atomic mass is 16.6. The Balaban J connectivity index is 4.19. The van der Waals surface area contributed by atoms with Gasteiger partial charge in [0, 0.05) is 19.4 Å². The first-order valence-corrected chi connectivity index (χ1v) is 29.9. The third-order valence-electron chi connectivity index (χ3n) is 13.5. The molecule has 0 heterocycles. The van der Waals surface area contributed by atoms with Crippen LogP contribution in [0.25, 0.3) is 0 Å². The van der Waals surface area contributed by atoms with E-state index in [1.54, 1.807) is 0 Å². The molecule has 0 fully saturated rings. The molecule has 0 rings (SSSR count). The van der Waals surface area contributed by atoms with Crippen molar-refractivity contribution in [1.29, 1.82) is 0 Å². The van der Waals surface area contributed by atoms with Crippen molar-refractivity contribution in [2.75, 3.05) is 19.8 Å². The van der Waals surface area contributed by atoms with Crippen LogP contribution in [0.1, 0.15) is 329 Å². The first-order chi connectivity index (χ1) is 32.6. The van der Waals surface area contributed by atoms with Gasteiger partial charge in [-0.05, 0) is 70.6 Å². The van der Waals surface area contributed by atoms with Crippen molar-refractivity contribution in [3.8, 4) is 0 Å². The molecule has 1 atom stereocenters. The van der Waals surface area contributed by atoms with Gasteiger partial charge < -0.3 is 14.2 Å². The number of unbranched alkanes of at least 4 members (excludes halogenated alkanes) is 41. The largest absolute Gasteiger partial charge is 0.462 e. The van der Waals surface area contributed by atoms with E-state index in [1.807, 2.05) is 0 Å². The Bertz CT molecular complexity index is 1010. The molecule has 0 aliphatic carbocycles. The van der Waals surface area contributed by atoms with E-state index in [2.05, 4.69) is 45.1 Å². The molecule has 5 nitrogen and oxygen atoms in total. The van der Waals surface area contributed by atoms with Crippen LogP contribution in [0.5, 0.6) is 0 Å². The summed E-state index contributed by atoms with van der Waals surface area (Å²) in [6.07, 6.45) is 69.2. The van der Waals surface area contributed by atoms with Crippen molar-refractivity contribution >= 4 is 11.9 Å². The summed E-state index contributed by atoms with van der Waals surface area (Å²) in [5.41, 5.74) is 0. The maximum Gasteiger partial charge on any atom is 0.306 e. The summed E-state index contributed by atoms with van der Waals surface area (Å²) in [4.78, 5) is 25.5. The van der Waals surface area contributed by atoms with Gasteiger partial charge in [0.05, 0.1) is 6.61 Å². The summed E-state index contributed by atoms with van der Waals surface area (Å²) >= 11 is 0. The topological polar surface area (TPSA) is 61.8 Å². The molecule has 0 aliphatic heterocycles. The minimum Gasteiger partial charge on any atom is -0.462 e. The van der Waals surface area contributed by atoms with E-state index in [0.717, 1.165) is 32.1 Å². The zero-order chi connectivity index (χ0) is 47.7. The van der Waals surface area contributed by atoms with Crippen molar-refractivity contribution in [1.82, 2.24) is 0 Å². The number of hydrogen-bond acceptors (Lipinski definition) is 5. The third-order valence-corrected chi connectivity index (χ3v) is 13.5. The molecule has 0 saturated carbocycles. The normalized spacial score (nSPS) is 12.2. The van der Waals surface area contributed by atoms with Gasteiger partial charge in [0.25, 0.3) is 0 Å². The number of hydrogen-bond donors (Lipinski definition) is 0. The van der Waals surface area contributed by atoms with Crippen molar-refractivity contribution in [2.45, 2.75) is 335 Å². The average molecular weight is 930 g/mol. The second-order valence-corrected chi connectivity index (χ2v) is 20.3. The average Bonchev–Trinajstić information content (AvgIpc) is 3.32. The van der Waals surface area contributed by atoms with Crippen LogP contribution in [0.4, 0.5) is 0 Å². The van der Waals surface area contributed by atoms with Gasteiger partial charge in [-0.15, -0.1) is 0 Å². The molecule has 0 aromatic carbocycles. The molecule has 0 spiro atoms. The number of esters is 2. The van der Waals surface area contributed by atoms with E-state index < -0.39 is 6.10 Å². The standard InChI is InChI=1S/C61H116O5/c1-4-7-10-13-16-19-22-25-27-29-30-31-33-35-38-41-44-47-50-53-56-64-57-59(66-61(63)55-52-49-46-43-40-36-24-21-18-15-12-9-6-3)58-65-60(62)54-51-48-45-42-39-37-34-32-28-26-23-20-17-14-11-8-5-2/h25-28,59H,4-24,29-58H2,1-3H3/b27-25-,28-26-. The van der Waals surface area contributed by atoms with Crippen LogP contribution in [0.15, 0.2) is 24.3 Å². The Morgan fingerprint density at radius 1 is 0.318 bits per heavy atom. The van der Waals surface area contributed by atoms with Crippen LogP contribution in [0.3, 0.4) is 0 Å². The monoisotopic (exact) mass is 929 g/mol. The Morgan fingerprint density at radius 2 is 0.591 bits per heavy atom. The van der Waals surface area contributed by atoms with E-state index in [1.165, 1.54) is 263 Å². The van der Waals surface area contributed by atoms with Crippen molar-refractivity contribution in [3.05, 3.63) is 24.3 Å². The highest BCUT2D eigenvalue weighted by Gasteiger charge is 2.17. The summed E-state index contributed by atoms with van der Waals surface area (Å²) in [6, 6.07) is 0. The molecule has 0 aliphatic rings. The second-order valence-electron chi connectivity index (χ2n) is 20.3. The van der Waals surface area contributed by atoms with Gasteiger partial charge in [0.2, 0.25) is 0 Å². The molecule has 390 valence electrons. The van der Waals surface area contributed by atoms with E-state index in [0.29, 0.717) is 26.1 Å². The molecule has 1 unspecified atom stereocenters. The van der Waals surface area contributed by atoms with E-state index >= 15 is 0 Å². The van der Waals surface area contributed by atoms with E-state index in [-0.39, 0.29) is 18.5 Å². The molecule has 0 radical (unpaired) electrons. The molecule has 0 saturated heterocycles. The predicted molar refractivity (Wildman–Crippen MR) is 289 cm³/mol. The first kappa shape index (κ1) is 64.4. The van der Waals surface area contributed by atoms with Crippen molar-refractivity contribution < 1.29 is 23.8 Å². The number of rotatable bonds is 56. The Labute approximate surface area is 413 Å². The van der Waals surface area contributed by atoms with Crippen LogP contribution in [-0.4, -0.2) is 37.9 Å². The van der Waals surface area contributed by atoms with Gasteiger partial charge in [-0.25, -0.2) is 0 Å². The molecule has 0 aromatic heterocycles. The van der Waals surface area contributed by atoms with Crippen LogP contribution in [0.2, 0.25) is 0 Å². The third kappa shape index (κ3) is 55.0. The van der Waals surface area contributed by atoms with Crippen molar-refractivity contribution in [3.63, 3.8) is 0 Å². The highest BCUT2D eigenvalue weighted by Crippen LogP contribution is 2.16. The van der Waals surface area contributed by atoms with Gasteiger partial charge in [-0.3, -0.25) is 9.59 Å². The molecule has 66 heavy (non-hydrogen) atoms. The van der Waals surface area contributed by atoms with Gasteiger partial charge in [-0.1, -0.05) is 270 Å². The number of carbonyl (C=O) groups excluding carboxylic acids is 2. The van der Waals surface area contributed by atoms with Crippen LogP contribution < -0.4 is 0 Å². The van der Waals surface area contributed by atoms with E-state index in [4.69, 9.17) is 14.2 Å². The number of carbonyl (C=O) groups is 2. The lowest BCUT2D eigenvalue weighted by molar-refractivity contribution is -0.163. The smallest absolute Gasteiger partial charge is 0.306 e. The molecule has 0 aromatic rings. The number of ether oxygens (including phenoxy) is 3. The Kier molecular flexibility index (Phi) is 56.3. The summed E-state index contributed by atoms with van der Waals surface area (Å²) in [6.45, 7) is 7.88. The quantitative estimate of drug-likeness (QED) is 0.0345. The van der Waals surface area contributed by atoms with Gasteiger partial charge in [0.1, 0.15) is 6.61 Å². The highest BCUT2D eigenvalue weighted by molar-refractivity contribution is 5.70. The zero-order valence-corrected chi connectivity index (χ0v) is 45.0. The summed E-state index contributed by atoms with van der Waals surface area (Å²) in [5, 5.41) is 0. The maximum absolute atomic E-state index is 12.8. The zero-order valence-electron chi connectivity index (χ0n) is 45.0.